The smallest absolute Gasteiger partial charge is 0.407 e. The van der Waals surface area contributed by atoms with Crippen LogP contribution in [0, 0.1) is 18.7 Å². The molecular formula is C21H30FN5O3. The lowest BCUT2D eigenvalue weighted by Gasteiger charge is -2.19. The van der Waals surface area contributed by atoms with Gasteiger partial charge in [-0.1, -0.05) is 0 Å². The number of amides is 2. The van der Waals surface area contributed by atoms with Gasteiger partial charge in [0, 0.05) is 17.3 Å². The summed E-state index contributed by atoms with van der Waals surface area (Å²) >= 11 is 0. The fraction of sp³-hybridized carbons (Fsp3) is 0.667. The molecule has 2 heterocycles. The average Bonchev–Trinajstić information content (AvgIpc) is 3.07. The number of rotatable bonds is 6. The van der Waals surface area contributed by atoms with Crippen molar-refractivity contribution in [1.82, 2.24) is 26.5 Å². The Kier molecular flexibility index (Phi) is 5.92. The van der Waals surface area contributed by atoms with Crippen LogP contribution >= 0.6 is 0 Å². The van der Waals surface area contributed by atoms with Crippen molar-refractivity contribution in [3.05, 3.63) is 29.3 Å². The van der Waals surface area contributed by atoms with Gasteiger partial charge in [0.1, 0.15) is 11.9 Å². The summed E-state index contributed by atoms with van der Waals surface area (Å²) in [5.74, 6) is -0.378. The Morgan fingerprint density at radius 2 is 2.07 bits per heavy atom. The van der Waals surface area contributed by atoms with E-state index in [1.165, 1.54) is 6.07 Å². The Morgan fingerprint density at radius 1 is 1.27 bits per heavy atom. The first-order chi connectivity index (χ1) is 14.3. The minimum Gasteiger partial charge on any atom is -0.446 e. The first-order valence-corrected chi connectivity index (χ1v) is 10.7. The summed E-state index contributed by atoms with van der Waals surface area (Å²) in [4.78, 5) is 28.4. The highest BCUT2D eigenvalue weighted by Gasteiger charge is 2.41. The van der Waals surface area contributed by atoms with Gasteiger partial charge in [-0.15, -0.1) is 0 Å². The van der Waals surface area contributed by atoms with Crippen molar-refractivity contribution in [2.45, 2.75) is 82.6 Å². The maximum atomic E-state index is 13.8. The fourth-order valence-electron chi connectivity index (χ4n) is 4.29. The molecule has 9 heteroatoms. The van der Waals surface area contributed by atoms with Gasteiger partial charge in [0.15, 0.2) is 0 Å². The van der Waals surface area contributed by atoms with E-state index < -0.39 is 5.82 Å². The highest BCUT2D eigenvalue weighted by atomic mass is 19.1. The van der Waals surface area contributed by atoms with Crippen molar-refractivity contribution in [3.8, 4) is 0 Å². The quantitative estimate of drug-likeness (QED) is 0.561. The zero-order valence-corrected chi connectivity index (χ0v) is 17.5. The van der Waals surface area contributed by atoms with E-state index in [9.17, 15) is 14.0 Å². The number of nitrogens with one attached hydrogen (secondary N) is 4. The Labute approximate surface area is 175 Å². The number of carbonyl (C=O) groups is 2. The van der Waals surface area contributed by atoms with Crippen LogP contribution in [0.25, 0.3) is 0 Å². The van der Waals surface area contributed by atoms with Gasteiger partial charge in [-0.2, -0.15) is 0 Å². The number of ether oxygens (including phenoxy) is 1. The van der Waals surface area contributed by atoms with E-state index >= 15 is 0 Å². The predicted octanol–water partition coefficient (Wildman–Crippen LogP) is 1.83. The van der Waals surface area contributed by atoms with Crippen molar-refractivity contribution in [3.63, 3.8) is 0 Å². The molecule has 3 aliphatic rings. The lowest BCUT2D eigenvalue weighted by Crippen LogP contribution is -2.45. The third-order valence-corrected chi connectivity index (χ3v) is 6.33. The topological polar surface area (TPSA) is 104 Å². The van der Waals surface area contributed by atoms with Crippen LogP contribution in [0.15, 0.2) is 12.1 Å². The first-order valence-electron chi connectivity index (χ1n) is 10.7. The normalized spacial score (nSPS) is 29.4. The van der Waals surface area contributed by atoms with Crippen LogP contribution in [0.2, 0.25) is 0 Å². The van der Waals surface area contributed by atoms with E-state index in [0.717, 1.165) is 38.5 Å². The molecule has 0 bridgehead atoms. The molecule has 164 valence electrons. The van der Waals surface area contributed by atoms with Crippen molar-refractivity contribution >= 4 is 12.0 Å². The molecule has 0 radical (unpaired) electrons. The number of aromatic nitrogens is 1. The summed E-state index contributed by atoms with van der Waals surface area (Å²) in [6.45, 7) is 3.79. The van der Waals surface area contributed by atoms with Crippen LogP contribution in [0.1, 0.15) is 56.8 Å². The van der Waals surface area contributed by atoms with Gasteiger partial charge < -0.3 is 15.4 Å². The number of pyridine rings is 1. The van der Waals surface area contributed by atoms with Gasteiger partial charge in [-0.05, 0) is 70.4 Å². The molecule has 0 aromatic carbocycles. The van der Waals surface area contributed by atoms with Gasteiger partial charge in [0.2, 0.25) is 5.91 Å². The van der Waals surface area contributed by atoms with E-state index in [2.05, 4.69) is 26.5 Å². The standard InChI is InChI=1S/C21H30FN5O3/c1-12-3-6-15(22)17(23-12)11-19(28)24-18-10-16(26-27-18)13-4-5-14(9-13)30-20(29)25-21(2)7-8-21/h3,6,13-14,16,18,26-27H,4-5,7-11H2,1-2H3,(H,24,28)(H,25,29)/t13-,14+,16?,18?/m0/s1. The lowest BCUT2D eigenvalue weighted by atomic mass is 9.96. The van der Waals surface area contributed by atoms with E-state index in [0.29, 0.717) is 11.6 Å². The van der Waals surface area contributed by atoms with E-state index in [-0.39, 0.29) is 48.0 Å². The molecule has 8 nitrogen and oxygen atoms in total. The second-order valence-electron chi connectivity index (χ2n) is 9.10. The van der Waals surface area contributed by atoms with Crippen LogP contribution in [0.5, 0.6) is 0 Å². The van der Waals surface area contributed by atoms with Crippen molar-refractivity contribution in [2.75, 3.05) is 0 Å². The summed E-state index contributed by atoms with van der Waals surface area (Å²) in [7, 11) is 0. The van der Waals surface area contributed by atoms with Crippen LogP contribution in [0.3, 0.4) is 0 Å². The van der Waals surface area contributed by atoms with E-state index in [1.54, 1.807) is 13.0 Å². The molecule has 2 aliphatic carbocycles. The predicted molar refractivity (Wildman–Crippen MR) is 108 cm³/mol. The Bertz CT molecular complexity index is 816. The van der Waals surface area contributed by atoms with Gasteiger partial charge in [-0.3, -0.25) is 15.2 Å². The summed E-state index contributed by atoms with van der Waals surface area (Å²) in [6.07, 6.45) is 4.65. The minimum atomic E-state index is -0.470. The third kappa shape index (κ3) is 5.26. The van der Waals surface area contributed by atoms with Crippen LogP contribution in [-0.2, 0) is 16.0 Å². The monoisotopic (exact) mass is 419 g/mol. The van der Waals surface area contributed by atoms with Crippen molar-refractivity contribution < 1.29 is 18.7 Å². The number of carbonyl (C=O) groups excluding carboxylic acids is 2. The zero-order valence-electron chi connectivity index (χ0n) is 17.5. The number of hydrogen-bond donors (Lipinski definition) is 4. The number of alkyl carbamates (subject to hydrolysis) is 1. The molecule has 4 N–H and O–H groups in total. The average molecular weight is 420 g/mol. The lowest BCUT2D eigenvalue weighted by molar-refractivity contribution is -0.121. The molecule has 1 aromatic heterocycles. The molecule has 1 saturated heterocycles. The molecule has 2 amide bonds. The SMILES string of the molecule is Cc1ccc(F)c(CC(=O)NC2CC([C@H]3CC[C@@H](OC(=O)NC4(C)CC4)C3)NN2)n1. The molecule has 0 spiro atoms. The fourth-order valence-corrected chi connectivity index (χ4v) is 4.29. The molecule has 30 heavy (non-hydrogen) atoms. The molecule has 2 saturated carbocycles. The number of hydrazine groups is 1. The van der Waals surface area contributed by atoms with Crippen LogP contribution in [0.4, 0.5) is 9.18 Å². The summed E-state index contributed by atoms with van der Waals surface area (Å²) < 4.78 is 19.4. The first kappa shape index (κ1) is 21.0. The number of hydrogen-bond acceptors (Lipinski definition) is 6. The van der Waals surface area contributed by atoms with Crippen molar-refractivity contribution in [2.24, 2.45) is 5.92 Å². The summed E-state index contributed by atoms with van der Waals surface area (Å²) in [6, 6.07) is 3.10. The third-order valence-electron chi connectivity index (χ3n) is 6.33. The molecule has 1 aliphatic heterocycles. The Balaban J connectivity index is 1.20. The molecule has 4 atom stereocenters. The van der Waals surface area contributed by atoms with Crippen molar-refractivity contribution in [1.29, 1.82) is 0 Å². The van der Waals surface area contributed by atoms with Gasteiger partial charge in [-0.25, -0.2) is 14.6 Å². The summed E-state index contributed by atoms with van der Waals surface area (Å²) in [5.41, 5.74) is 7.12. The number of nitrogens with zero attached hydrogens (tertiary/aromatic N) is 1. The second kappa shape index (κ2) is 8.47. The highest BCUT2D eigenvalue weighted by Crippen LogP contribution is 2.36. The van der Waals surface area contributed by atoms with Gasteiger partial charge in [0.05, 0.1) is 18.3 Å². The molecule has 3 fully saturated rings. The van der Waals surface area contributed by atoms with Gasteiger partial charge >= 0.3 is 6.09 Å². The molecule has 4 rings (SSSR count). The Hall–Kier alpha value is -2.26. The molecular weight excluding hydrogens is 389 g/mol. The van der Waals surface area contributed by atoms with Gasteiger partial charge in [0.25, 0.3) is 0 Å². The maximum absolute atomic E-state index is 13.8. The van der Waals surface area contributed by atoms with E-state index in [1.807, 2.05) is 6.92 Å². The van der Waals surface area contributed by atoms with Crippen LogP contribution in [-0.4, -0.2) is 40.8 Å². The Morgan fingerprint density at radius 3 is 2.83 bits per heavy atom. The zero-order chi connectivity index (χ0) is 21.3. The van der Waals surface area contributed by atoms with Crippen LogP contribution < -0.4 is 21.5 Å². The summed E-state index contributed by atoms with van der Waals surface area (Å²) in [5, 5.41) is 5.82. The molecule has 2 unspecified atom stereocenters. The number of aryl methyl sites for hydroxylation is 1. The number of halogens is 1. The maximum Gasteiger partial charge on any atom is 0.407 e. The molecule has 1 aromatic rings. The second-order valence-corrected chi connectivity index (χ2v) is 9.10. The minimum absolute atomic E-state index is 0.0665. The largest absolute Gasteiger partial charge is 0.446 e. The highest BCUT2D eigenvalue weighted by molar-refractivity contribution is 5.78. The van der Waals surface area contributed by atoms with E-state index in [4.69, 9.17) is 4.74 Å².